The second-order valence-corrected chi connectivity index (χ2v) is 22.5. The summed E-state index contributed by atoms with van der Waals surface area (Å²) in [4.78, 5) is 33.7. The highest BCUT2D eigenvalue weighted by Gasteiger charge is 2.30. The largest absolute Gasteiger partial charge is 0.478 e. The molecular weight excluding hydrogens is 854 g/mol. The van der Waals surface area contributed by atoms with Crippen molar-refractivity contribution in [2.24, 2.45) is 0 Å². The maximum absolute atomic E-state index is 12.5. The van der Waals surface area contributed by atoms with Crippen molar-refractivity contribution in [2.75, 3.05) is 20.0 Å². The average molecular weight is 913 g/mol. The number of carbonyl (C=O) groups is 3. The molecule has 0 amide bonds. The lowest BCUT2D eigenvalue weighted by atomic mass is 10.0. The van der Waals surface area contributed by atoms with Gasteiger partial charge in [-0.3, -0.25) is 0 Å². The third kappa shape index (κ3) is 16.1. The number of ether oxygens (including phenoxy) is 2. The van der Waals surface area contributed by atoms with Gasteiger partial charge in [0, 0.05) is 16.4 Å². The Morgan fingerprint density at radius 2 is 0.883 bits per heavy atom. The molecule has 13 nitrogen and oxygen atoms in total. The molecule has 6 rings (SSSR count). The highest BCUT2D eigenvalue weighted by Crippen LogP contribution is 2.29. The molecule has 3 N–H and O–H groups in total. The molecule has 3 saturated carbocycles. The molecular formula is C43H58ClNO12S3. The Balaban J connectivity index is 0.000000223. The molecule has 0 heterocycles. The number of anilines is 1. The average Bonchev–Trinajstić information content (AvgIpc) is 3.25. The van der Waals surface area contributed by atoms with Crippen LogP contribution in [0.1, 0.15) is 139 Å². The van der Waals surface area contributed by atoms with E-state index in [1.807, 2.05) is 0 Å². The van der Waals surface area contributed by atoms with Crippen LogP contribution in [0.4, 0.5) is 5.69 Å². The lowest BCUT2D eigenvalue weighted by Gasteiger charge is -2.22. The van der Waals surface area contributed by atoms with E-state index in [-0.39, 0.29) is 32.8 Å². The van der Waals surface area contributed by atoms with E-state index in [4.69, 9.17) is 26.3 Å². The first-order valence-corrected chi connectivity index (χ1v) is 26.0. The number of methoxy groups -OCH3 is 2. The maximum atomic E-state index is 12.5. The van der Waals surface area contributed by atoms with Crippen molar-refractivity contribution in [3.8, 4) is 0 Å². The molecule has 3 aliphatic carbocycles. The molecule has 0 unspecified atom stereocenters. The number of rotatable bonds is 10. The van der Waals surface area contributed by atoms with Crippen LogP contribution < -0.4 is 5.73 Å². The molecule has 3 aromatic rings. The highest BCUT2D eigenvalue weighted by atomic mass is 35.7. The molecule has 3 aromatic carbocycles. The Kier molecular flexibility index (Phi) is 20.5. The van der Waals surface area contributed by atoms with Gasteiger partial charge >= 0.3 is 17.9 Å². The number of halogens is 1. The molecule has 60 heavy (non-hydrogen) atoms. The molecule has 0 spiro atoms. The topological polar surface area (TPSA) is 218 Å². The van der Waals surface area contributed by atoms with Crippen molar-refractivity contribution in [3.05, 3.63) is 101 Å². The van der Waals surface area contributed by atoms with Gasteiger partial charge in [0.15, 0.2) is 19.7 Å². The fraction of sp³-hybridized carbons (Fsp3) is 0.512. The molecule has 0 aliphatic heterocycles. The fourth-order valence-electron chi connectivity index (χ4n) is 7.47. The van der Waals surface area contributed by atoms with Crippen LogP contribution >= 0.6 is 10.7 Å². The van der Waals surface area contributed by atoms with Crippen LogP contribution in [0.5, 0.6) is 0 Å². The van der Waals surface area contributed by atoms with Crippen LogP contribution in [0.15, 0.2) is 72.8 Å². The molecule has 17 heteroatoms. The summed E-state index contributed by atoms with van der Waals surface area (Å²) in [5, 5.41) is 8.25. The number of nitrogens with two attached hydrogens (primary N) is 1. The minimum Gasteiger partial charge on any atom is -0.478 e. The molecule has 3 aliphatic rings. The Morgan fingerprint density at radius 1 is 0.550 bits per heavy atom. The molecule has 0 aromatic heterocycles. The number of aromatic carboxylic acids is 1. The molecule has 0 bridgehead atoms. The number of carboxylic acid groups (broad SMARTS) is 1. The second-order valence-electron chi connectivity index (χ2n) is 15.1. The molecule has 0 atom stereocenters. The third-order valence-corrected chi connectivity index (χ3v) is 17.2. The quantitative estimate of drug-likeness (QED) is 0.111. The maximum Gasteiger partial charge on any atom is 0.339 e. The SMILES string of the molecule is COC(=O)c1ccccc1CS(=O)(=O)C1CCCCC1.COC(=O)c1ccccc1N.O=C(O)c1ccccc1CS(=O)(=O)C1CCCCC1.O=S(=O)(Cl)C1CCCCC1. The summed E-state index contributed by atoms with van der Waals surface area (Å²) >= 11 is 0. The van der Waals surface area contributed by atoms with Gasteiger partial charge in [0.05, 0.1) is 58.2 Å². The van der Waals surface area contributed by atoms with Gasteiger partial charge in [-0.25, -0.2) is 39.6 Å². The third-order valence-electron chi connectivity index (χ3n) is 10.8. The van der Waals surface area contributed by atoms with Crippen molar-refractivity contribution in [1.29, 1.82) is 0 Å². The van der Waals surface area contributed by atoms with Gasteiger partial charge in [0.2, 0.25) is 9.05 Å². The van der Waals surface area contributed by atoms with Crippen LogP contribution in [0.3, 0.4) is 0 Å². The zero-order valence-corrected chi connectivity index (χ0v) is 37.5. The van der Waals surface area contributed by atoms with E-state index >= 15 is 0 Å². The Morgan fingerprint density at radius 3 is 1.25 bits per heavy atom. The second kappa shape index (κ2) is 24.5. The monoisotopic (exact) mass is 911 g/mol. The van der Waals surface area contributed by atoms with E-state index in [9.17, 15) is 39.6 Å². The summed E-state index contributed by atoms with van der Waals surface area (Å²) in [5.74, 6) is -2.21. The van der Waals surface area contributed by atoms with Crippen LogP contribution in [0, 0.1) is 0 Å². The van der Waals surface area contributed by atoms with Crippen molar-refractivity contribution in [3.63, 3.8) is 0 Å². The first kappa shape index (κ1) is 50.4. The number of carboxylic acids is 1. The standard InChI is InChI=1S/C15H20O4S.C14H18O4S.C8H9NO2.C6H11ClO2S/c1-19-15(16)14-10-6-5-7-12(14)11-20(17,18)13-8-3-2-4-9-13;15-14(16)13-9-5-4-6-11(13)10-19(17,18)12-7-2-1-3-8-12;1-11-8(10)6-4-2-3-5-7(6)9;7-10(8,9)6-4-2-1-3-5-6/h5-7,10,13H,2-4,8-9,11H2,1H3;4-6,9,12H,1-3,7-8,10H2,(H,15,16);2-5H,9H2,1H3;6H,1-5H2. The summed E-state index contributed by atoms with van der Waals surface area (Å²) in [6.07, 6.45) is 13.6. The zero-order chi connectivity index (χ0) is 44.3. The lowest BCUT2D eigenvalue weighted by Crippen LogP contribution is -2.26. The van der Waals surface area contributed by atoms with Gasteiger partial charge in [-0.2, -0.15) is 0 Å². The molecule has 3 fully saturated rings. The zero-order valence-electron chi connectivity index (χ0n) is 34.3. The van der Waals surface area contributed by atoms with E-state index in [0.717, 1.165) is 83.5 Å². The first-order chi connectivity index (χ1) is 28.4. The number of sulfone groups is 2. The number of hydrogen-bond donors (Lipinski definition) is 2. The van der Waals surface area contributed by atoms with Crippen LogP contribution in [0.2, 0.25) is 0 Å². The van der Waals surface area contributed by atoms with Gasteiger partial charge in [-0.15, -0.1) is 0 Å². The molecule has 0 radical (unpaired) electrons. The smallest absolute Gasteiger partial charge is 0.339 e. The first-order valence-electron chi connectivity index (χ1n) is 20.2. The van der Waals surface area contributed by atoms with Crippen molar-refractivity contribution in [2.45, 2.75) is 124 Å². The summed E-state index contributed by atoms with van der Waals surface area (Å²) in [5.41, 5.74) is 7.70. The number of esters is 2. The van der Waals surface area contributed by atoms with E-state index in [0.29, 0.717) is 40.8 Å². The highest BCUT2D eigenvalue weighted by molar-refractivity contribution is 8.14. The summed E-state index contributed by atoms with van der Waals surface area (Å²) in [6.45, 7) is 0. The number of nitrogen functional groups attached to an aromatic ring is 1. The van der Waals surface area contributed by atoms with E-state index < -0.39 is 46.6 Å². The van der Waals surface area contributed by atoms with Crippen LogP contribution in [0.25, 0.3) is 0 Å². The summed E-state index contributed by atoms with van der Waals surface area (Å²) in [7, 11) is -1.91. The summed E-state index contributed by atoms with van der Waals surface area (Å²) < 4.78 is 80.3. The van der Waals surface area contributed by atoms with Gasteiger partial charge in [-0.05, 0) is 73.9 Å². The van der Waals surface area contributed by atoms with Gasteiger partial charge in [-0.1, -0.05) is 106 Å². The fourth-order valence-corrected chi connectivity index (χ4v) is 12.8. The predicted octanol–water partition coefficient (Wildman–Crippen LogP) is 8.30. The van der Waals surface area contributed by atoms with Gasteiger partial charge in [0.1, 0.15) is 0 Å². The molecule has 0 saturated heterocycles. The van der Waals surface area contributed by atoms with Crippen LogP contribution in [-0.2, 0) is 49.7 Å². The van der Waals surface area contributed by atoms with E-state index in [1.165, 1.54) is 20.3 Å². The van der Waals surface area contributed by atoms with Crippen LogP contribution in [-0.4, -0.2) is 78.2 Å². The Bertz CT molecular complexity index is 2190. The minimum atomic E-state index is -3.26. The lowest BCUT2D eigenvalue weighted by molar-refractivity contribution is 0.0592. The summed E-state index contributed by atoms with van der Waals surface area (Å²) in [6, 6.07) is 19.9. The van der Waals surface area contributed by atoms with Crippen molar-refractivity contribution < 1.29 is 54.2 Å². The number of carbonyl (C=O) groups excluding carboxylic acids is 2. The predicted molar refractivity (Wildman–Crippen MR) is 234 cm³/mol. The minimum absolute atomic E-state index is 0.0804. The number of benzene rings is 3. The van der Waals surface area contributed by atoms with E-state index in [1.54, 1.807) is 66.7 Å². The van der Waals surface area contributed by atoms with E-state index in [2.05, 4.69) is 4.74 Å². The normalized spacial score (nSPS) is 16.6. The van der Waals surface area contributed by atoms with Gasteiger partial charge < -0.3 is 20.3 Å². The number of hydrogen-bond acceptors (Lipinski definition) is 12. The number of para-hydroxylation sites is 1. The Labute approximate surface area is 359 Å². The van der Waals surface area contributed by atoms with Crippen molar-refractivity contribution >= 4 is 63.0 Å². The van der Waals surface area contributed by atoms with Gasteiger partial charge in [0.25, 0.3) is 0 Å². The molecule has 332 valence electrons. The Hall–Kier alpha value is -3.99. The van der Waals surface area contributed by atoms with Crippen molar-refractivity contribution in [1.82, 2.24) is 0 Å².